The van der Waals surface area contributed by atoms with Crippen LogP contribution in [0.3, 0.4) is 0 Å². The molecule has 0 aromatic carbocycles. The predicted molar refractivity (Wildman–Crippen MR) is 76.3 cm³/mol. The van der Waals surface area contributed by atoms with Gasteiger partial charge in [-0.15, -0.1) is 0 Å². The molecule has 0 aliphatic carbocycles. The predicted octanol–water partition coefficient (Wildman–Crippen LogP) is -0.554. The second-order valence-electron chi connectivity index (χ2n) is 3.44. The average molecular weight is 366 g/mol. The summed E-state index contributed by atoms with van der Waals surface area (Å²) in [7, 11) is 0. The SMILES string of the molecule is CC(=O)ON(CCN(OC(C)=O)OC(C)=O)OC(C)=O.N.N.[Ca+2]. The quantitative estimate of drug-likeness (QED) is 0.433. The molecule has 23 heavy (non-hydrogen) atoms. The second kappa shape index (κ2) is 15.9. The Morgan fingerprint density at radius 2 is 0.783 bits per heavy atom. The Hall–Kier alpha value is -1.02. The molecule has 0 radical (unpaired) electrons. The van der Waals surface area contributed by atoms with Crippen LogP contribution in [0, 0.1) is 0 Å². The molecule has 0 amide bonds. The number of rotatable bonds is 7. The number of nitrogens with zero attached hydrogens (tertiary/aromatic N) is 2. The summed E-state index contributed by atoms with van der Waals surface area (Å²) in [5, 5.41) is 1.15. The van der Waals surface area contributed by atoms with Crippen LogP contribution in [-0.4, -0.2) is 85.2 Å². The molecule has 12 nitrogen and oxygen atoms in total. The summed E-state index contributed by atoms with van der Waals surface area (Å²) in [4.78, 5) is 61.4. The van der Waals surface area contributed by atoms with Gasteiger partial charge >= 0.3 is 61.6 Å². The Bertz CT molecular complexity index is 327. The first-order valence-corrected chi connectivity index (χ1v) is 5.50. The molecule has 13 heteroatoms. The Labute approximate surface area is 163 Å². The van der Waals surface area contributed by atoms with Gasteiger partial charge in [0, 0.05) is 38.1 Å². The third kappa shape index (κ3) is 18.9. The van der Waals surface area contributed by atoms with Gasteiger partial charge in [0.25, 0.3) is 0 Å². The molecule has 6 N–H and O–H groups in total. The molecule has 0 fully saturated rings. The maximum Gasteiger partial charge on any atom is 2.00 e. The van der Waals surface area contributed by atoms with E-state index < -0.39 is 23.9 Å². The molecule has 0 unspecified atom stereocenters. The molecule has 0 aliphatic heterocycles. The van der Waals surface area contributed by atoms with Crippen molar-refractivity contribution in [3.05, 3.63) is 0 Å². The Kier molecular flexibility index (Phi) is 20.6. The van der Waals surface area contributed by atoms with Crippen LogP contribution in [0.25, 0.3) is 0 Å². The van der Waals surface area contributed by atoms with E-state index in [4.69, 9.17) is 0 Å². The van der Waals surface area contributed by atoms with Crippen LogP contribution in [0.15, 0.2) is 0 Å². The molecule has 0 saturated heterocycles. The van der Waals surface area contributed by atoms with E-state index in [1.54, 1.807) is 0 Å². The number of hydrogen-bond acceptors (Lipinski definition) is 12. The van der Waals surface area contributed by atoms with E-state index in [0.717, 1.165) is 27.7 Å². The molecule has 130 valence electrons. The van der Waals surface area contributed by atoms with Crippen molar-refractivity contribution in [2.45, 2.75) is 27.7 Å². The summed E-state index contributed by atoms with van der Waals surface area (Å²) >= 11 is 0. The minimum Gasteiger partial charge on any atom is -0.344 e. The summed E-state index contributed by atoms with van der Waals surface area (Å²) in [6, 6.07) is 0. The van der Waals surface area contributed by atoms with Crippen molar-refractivity contribution < 1.29 is 38.5 Å². The third-order valence-corrected chi connectivity index (χ3v) is 1.39. The zero-order chi connectivity index (χ0) is 15.7. The molecule has 0 aromatic rings. The van der Waals surface area contributed by atoms with Crippen molar-refractivity contribution >= 4 is 61.6 Å². The molecular weight excluding hydrogens is 344 g/mol. The van der Waals surface area contributed by atoms with Crippen molar-refractivity contribution in [1.29, 1.82) is 0 Å². The molecule has 0 aliphatic rings. The first-order chi connectivity index (χ1) is 9.20. The molecule has 0 atom stereocenters. The molecule has 0 bridgehead atoms. The second-order valence-corrected chi connectivity index (χ2v) is 3.44. The van der Waals surface area contributed by atoms with Gasteiger partial charge in [0.2, 0.25) is 0 Å². The van der Waals surface area contributed by atoms with Crippen LogP contribution in [0.2, 0.25) is 0 Å². The number of carbonyl (C=O) groups excluding carboxylic acids is 4. The fourth-order valence-corrected chi connectivity index (χ4v) is 0.957. The molecule has 0 rings (SSSR count). The summed E-state index contributed by atoms with van der Waals surface area (Å²) in [5.41, 5.74) is 0. The van der Waals surface area contributed by atoms with Gasteiger partial charge in [0.1, 0.15) is 0 Å². The van der Waals surface area contributed by atoms with Crippen molar-refractivity contribution in [2.24, 2.45) is 0 Å². The number of carbonyl (C=O) groups is 4. The monoisotopic (exact) mass is 366 g/mol. The molecule has 0 spiro atoms. The largest absolute Gasteiger partial charge is 2.00 e. The zero-order valence-electron chi connectivity index (χ0n) is 13.7. The van der Waals surface area contributed by atoms with Crippen molar-refractivity contribution in [2.75, 3.05) is 13.1 Å². The van der Waals surface area contributed by atoms with Crippen LogP contribution in [-0.2, 0) is 38.5 Å². The fraction of sp³-hybridized carbons (Fsp3) is 0.600. The Morgan fingerprint density at radius 1 is 0.609 bits per heavy atom. The van der Waals surface area contributed by atoms with Crippen LogP contribution in [0.1, 0.15) is 27.7 Å². The van der Waals surface area contributed by atoms with E-state index in [1.807, 2.05) is 0 Å². The smallest absolute Gasteiger partial charge is 0.344 e. The van der Waals surface area contributed by atoms with Gasteiger partial charge in [0.05, 0.1) is 13.1 Å². The van der Waals surface area contributed by atoms with Crippen LogP contribution < -0.4 is 12.3 Å². The normalized spacial score (nSPS) is 8.78. The number of hydroxylamine groups is 4. The molecular formula is C10H22CaN4O8+2. The molecule has 0 aromatic heterocycles. The topological polar surface area (TPSA) is 182 Å². The summed E-state index contributed by atoms with van der Waals surface area (Å²) in [6.07, 6.45) is 0. The van der Waals surface area contributed by atoms with Gasteiger partial charge in [-0.25, -0.2) is 0 Å². The van der Waals surface area contributed by atoms with Gasteiger partial charge in [0.15, 0.2) is 0 Å². The third-order valence-electron chi connectivity index (χ3n) is 1.39. The van der Waals surface area contributed by atoms with E-state index in [1.165, 1.54) is 0 Å². The zero-order valence-corrected chi connectivity index (χ0v) is 15.9. The summed E-state index contributed by atoms with van der Waals surface area (Å²) < 4.78 is 0. The van der Waals surface area contributed by atoms with E-state index in [2.05, 4.69) is 19.4 Å². The maximum absolute atomic E-state index is 10.8. The first-order valence-electron chi connectivity index (χ1n) is 5.50. The first kappa shape index (κ1) is 29.9. The van der Waals surface area contributed by atoms with E-state index in [-0.39, 0.29) is 63.1 Å². The Balaban J connectivity index is -0.000000602. The van der Waals surface area contributed by atoms with Gasteiger partial charge < -0.3 is 31.7 Å². The van der Waals surface area contributed by atoms with Crippen LogP contribution in [0.4, 0.5) is 0 Å². The summed E-state index contributed by atoms with van der Waals surface area (Å²) in [5.74, 6) is -2.90. The van der Waals surface area contributed by atoms with Crippen molar-refractivity contribution in [1.82, 2.24) is 22.8 Å². The van der Waals surface area contributed by atoms with Crippen molar-refractivity contribution in [3.63, 3.8) is 0 Å². The fourth-order valence-electron chi connectivity index (χ4n) is 0.957. The van der Waals surface area contributed by atoms with Gasteiger partial charge in [-0.3, -0.25) is 19.2 Å². The molecule has 0 saturated carbocycles. The van der Waals surface area contributed by atoms with Gasteiger partial charge in [-0.05, 0) is 0 Å². The number of hydrogen-bond donors (Lipinski definition) is 2. The average Bonchev–Trinajstić information content (AvgIpc) is 2.22. The van der Waals surface area contributed by atoms with Gasteiger partial charge in [-0.2, -0.15) is 0 Å². The minimum atomic E-state index is -0.724. The van der Waals surface area contributed by atoms with Crippen LogP contribution >= 0.6 is 0 Å². The van der Waals surface area contributed by atoms with E-state index in [0.29, 0.717) is 10.5 Å². The Morgan fingerprint density at radius 3 is 0.913 bits per heavy atom. The van der Waals surface area contributed by atoms with E-state index >= 15 is 0 Å². The summed E-state index contributed by atoms with van der Waals surface area (Å²) in [6.45, 7) is 3.97. The molecule has 0 heterocycles. The standard InChI is InChI=1S/C10H16N2O8.Ca.2H3N/c1-7(13)17-11(18-8(2)14)5-6-12(19-9(3)15)20-10(4)16;;;/h5-6H2,1-4H3;;2*1H3/q;+2;;. The van der Waals surface area contributed by atoms with E-state index in [9.17, 15) is 19.2 Å². The van der Waals surface area contributed by atoms with Gasteiger partial charge in [-0.1, -0.05) is 0 Å². The minimum absolute atomic E-state index is 0. The maximum atomic E-state index is 10.8. The van der Waals surface area contributed by atoms with Crippen molar-refractivity contribution in [3.8, 4) is 0 Å². The van der Waals surface area contributed by atoms with Crippen LogP contribution in [0.5, 0.6) is 0 Å².